The standard InChI is InChI=1S/C15H23NO3/c1-4-15(9-17,10-18)16-14(19)13-7-5-12(6-8-13)11(2)3/h5-8,11,17-18H,4,9-10H2,1-3H3,(H,16,19). The van der Waals surface area contributed by atoms with Crippen molar-refractivity contribution in [1.82, 2.24) is 5.32 Å². The average Bonchev–Trinajstić information content (AvgIpc) is 2.45. The van der Waals surface area contributed by atoms with Gasteiger partial charge in [-0.2, -0.15) is 0 Å². The van der Waals surface area contributed by atoms with Gasteiger partial charge in [-0.3, -0.25) is 4.79 Å². The first-order chi connectivity index (χ1) is 8.98. The summed E-state index contributed by atoms with van der Waals surface area (Å²) in [5.41, 5.74) is 0.750. The van der Waals surface area contributed by atoms with E-state index in [-0.39, 0.29) is 19.1 Å². The van der Waals surface area contributed by atoms with E-state index in [1.54, 1.807) is 12.1 Å². The molecule has 0 atom stereocenters. The number of carbonyl (C=O) groups excluding carboxylic acids is 1. The van der Waals surface area contributed by atoms with E-state index in [9.17, 15) is 15.0 Å². The summed E-state index contributed by atoms with van der Waals surface area (Å²) in [5, 5.41) is 21.3. The summed E-state index contributed by atoms with van der Waals surface area (Å²) >= 11 is 0. The number of amides is 1. The molecular formula is C15H23NO3. The molecule has 19 heavy (non-hydrogen) atoms. The smallest absolute Gasteiger partial charge is 0.251 e. The van der Waals surface area contributed by atoms with Crippen LogP contribution in [0.25, 0.3) is 0 Å². The minimum Gasteiger partial charge on any atom is -0.394 e. The lowest BCUT2D eigenvalue weighted by Gasteiger charge is -2.29. The van der Waals surface area contributed by atoms with Crippen molar-refractivity contribution >= 4 is 5.91 Å². The molecule has 1 amide bonds. The maximum atomic E-state index is 12.1. The van der Waals surface area contributed by atoms with Crippen LogP contribution in [0.1, 0.15) is 49.0 Å². The number of benzene rings is 1. The van der Waals surface area contributed by atoms with E-state index < -0.39 is 5.54 Å². The van der Waals surface area contributed by atoms with Crippen molar-refractivity contribution in [3.63, 3.8) is 0 Å². The Kier molecular flexibility index (Phi) is 5.51. The molecule has 0 saturated heterocycles. The van der Waals surface area contributed by atoms with Gasteiger partial charge in [-0.15, -0.1) is 0 Å². The van der Waals surface area contributed by atoms with Gasteiger partial charge < -0.3 is 15.5 Å². The second-order valence-electron chi connectivity index (χ2n) is 5.18. The summed E-state index contributed by atoms with van der Waals surface area (Å²) in [6.45, 7) is 5.43. The molecule has 0 aliphatic heterocycles. The molecule has 106 valence electrons. The Morgan fingerprint density at radius 3 is 2.11 bits per heavy atom. The van der Waals surface area contributed by atoms with E-state index in [0.717, 1.165) is 0 Å². The summed E-state index contributed by atoms with van der Waals surface area (Å²) in [6.07, 6.45) is 0.468. The van der Waals surface area contributed by atoms with Crippen molar-refractivity contribution in [2.24, 2.45) is 0 Å². The largest absolute Gasteiger partial charge is 0.394 e. The van der Waals surface area contributed by atoms with E-state index in [2.05, 4.69) is 19.2 Å². The lowest BCUT2D eigenvalue weighted by atomic mass is 9.97. The van der Waals surface area contributed by atoms with Gasteiger partial charge in [0.1, 0.15) is 0 Å². The highest BCUT2D eigenvalue weighted by Crippen LogP contribution is 2.16. The minimum atomic E-state index is -0.951. The summed E-state index contributed by atoms with van der Waals surface area (Å²) in [5.74, 6) is 0.141. The van der Waals surface area contributed by atoms with Crippen molar-refractivity contribution in [1.29, 1.82) is 0 Å². The Bertz CT molecular complexity index is 400. The topological polar surface area (TPSA) is 69.6 Å². The van der Waals surface area contributed by atoms with Crippen molar-refractivity contribution in [3.05, 3.63) is 35.4 Å². The fourth-order valence-corrected chi connectivity index (χ4v) is 1.77. The monoisotopic (exact) mass is 265 g/mol. The molecule has 0 aromatic heterocycles. The van der Waals surface area contributed by atoms with Crippen LogP contribution in [-0.4, -0.2) is 34.9 Å². The molecule has 0 heterocycles. The van der Waals surface area contributed by atoms with Gasteiger partial charge in [0.05, 0.1) is 18.8 Å². The molecule has 4 nitrogen and oxygen atoms in total. The van der Waals surface area contributed by atoms with Crippen LogP contribution in [0.4, 0.5) is 0 Å². The number of aliphatic hydroxyl groups excluding tert-OH is 2. The second-order valence-corrected chi connectivity index (χ2v) is 5.18. The second kappa shape index (κ2) is 6.68. The van der Waals surface area contributed by atoms with E-state index in [1.165, 1.54) is 5.56 Å². The van der Waals surface area contributed by atoms with Crippen molar-refractivity contribution in [2.75, 3.05) is 13.2 Å². The Balaban J connectivity index is 2.83. The highest BCUT2D eigenvalue weighted by molar-refractivity contribution is 5.94. The lowest BCUT2D eigenvalue weighted by molar-refractivity contribution is 0.0653. The van der Waals surface area contributed by atoms with Gasteiger partial charge >= 0.3 is 0 Å². The highest BCUT2D eigenvalue weighted by atomic mass is 16.3. The molecule has 0 fully saturated rings. The molecule has 0 bridgehead atoms. The number of hydrogen-bond donors (Lipinski definition) is 3. The third-order valence-corrected chi connectivity index (χ3v) is 3.50. The predicted molar refractivity (Wildman–Crippen MR) is 75.2 cm³/mol. The maximum Gasteiger partial charge on any atom is 0.251 e. The van der Waals surface area contributed by atoms with E-state index in [0.29, 0.717) is 17.9 Å². The Morgan fingerprint density at radius 2 is 1.74 bits per heavy atom. The number of nitrogens with one attached hydrogen (secondary N) is 1. The van der Waals surface area contributed by atoms with Crippen LogP contribution in [0.3, 0.4) is 0 Å². The van der Waals surface area contributed by atoms with Crippen LogP contribution in [-0.2, 0) is 0 Å². The summed E-state index contributed by atoms with van der Waals surface area (Å²) in [6, 6.07) is 7.37. The number of hydrogen-bond acceptors (Lipinski definition) is 3. The lowest BCUT2D eigenvalue weighted by Crippen LogP contribution is -2.53. The van der Waals surface area contributed by atoms with Crippen LogP contribution in [0, 0.1) is 0 Å². The average molecular weight is 265 g/mol. The maximum absolute atomic E-state index is 12.1. The Hall–Kier alpha value is -1.39. The quantitative estimate of drug-likeness (QED) is 0.733. The zero-order valence-corrected chi connectivity index (χ0v) is 11.8. The summed E-state index contributed by atoms with van der Waals surface area (Å²) < 4.78 is 0. The van der Waals surface area contributed by atoms with Crippen LogP contribution >= 0.6 is 0 Å². The summed E-state index contributed by atoms with van der Waals surface area (Å²) in [7, 11) is 0. The molecule has 0 saturated carbocycles. The van der Waals surface area contributed by atoms with Gasteiger partial charge in [0.15, 0.2) is 0 Å². The molecule has 0 aliphatic rings. The molecule has 0 radical (unpaired) electrons. The van der Waals surface area contributed by atoms with E-state index in [1.807, 2.05) is 19.1 Å². The minimum absolute atomic E-state index is 0.278. The zero-order chi connectivity index (χ0) is 14.5. The first kappa shape index (κ1) is 15.7. The number of carbonyl (C=O) groups is 1. The van der Waals surface area contributed by atoms with Crippen molar-refractivity contribution in [3.8, 4) is 0 Å². The molecule has 1 aromatic rings. The third kappa shape index (κ3) is 3.78. The van der Waals surface area contributed by atoms with Crippen LogP contribution in [0.5, 0.6) is 0 Å². The predicted octanol–water partition coefficient (Wildman–Crippen LogP) is 1.67. The first-order valence-electron chi connectivity index (χ1n) is 6.62. The van der Waals surface area contributed by atoms with E-state index in [4.69, 9.17) is 0 Å². The van der Waals surface area contributed by atoms with Crippen LogP contribution in [0.15, 0.2) is 24.3 Å². The SMILES string of the molecule is CCC(CO)(CO)NC(=O)c1ccc(C(C)C)cc1. The number of rotatable bonds is 6. The summed E-state index contributed by atoms with van der Waals surface area (Å²) in [4.78, 5) is 12.1. The van der Waals surface area contributed by atoms with Gasteiger partial charge in [0.2, 0.25) is 0 Å². The Morgan fingerprint density at radius 1 is 1.21 bits per heavy atom. The number of aliphatic hydroxyl groups is 2. The Labute approximate surface area is 114 Å². The molecule has 0 unspecified atom stereocenters. The molecule has 1 rings (SSSR count). The molecule has 4 heteroatoms. The highest BCUT2D eigenvalue weighted by Gasteiger charge is 2.28. The van der Waals surface area contributed by atoms with Crippen molar-refractivity contribution < 1.29 is 15.0 Å². The third-order valence-electron chi connectivity index (χ3n) is 3.50. The molecule has 1 aromatic carbocycles. The van der Waals surface area contributed by atoms with E-state index >= 15 is 0 Å². The van der Waals surface area contributed by atoms with Gasteiger partial charge in [0.25, 0.3) is 5.91 Å². The van der Waals surface area contributed by atoms with Gasteiger partial charge in [0, 0.05) is 5.56 Å². The van der Waals surface area contributed by atoms with Crippen LogP contribution < -0.4 is 5.32 Å². The first-order valence-corrected chi connectivity index (χ1v) is 6.62. The fourth-order valence-electron chi connectivity index (χ4n) is 1.77. The fraction of sp³-hybridized carbons (Fsp3) is 0.533. The van der Waals surface area contributed by atoms with Gasteiger partial charge in [-0.05, 0) is 30.0 Å². The molecule has 0 aliphatic carbocycles. The normalized spacial score (nSPS) is 11.7. The molecule has 0 spiro atoms. The molecule has 3 N–H and O–H groups in total. The zero-order valence-electron chi connectivity index (χ0n) is 11.8. The molecular weight excluding hydrogens is 242 g/mol. The van der Waals surface area contributed by atoms with Gasteiger partial charge in [-0.1, -0.05) is 32.9 Å². The van der Waals surface area contributed by atoms with Crippen molar-refractivity contribution in [2.45, 2.75) is 38.6 Å². The van der Waals surface area contributed by atoms with Gasteiger partial charge in [-0.25, -0.2) is 0 Å². The van der Waals surface area contributed by atoms with Crippen LogP contribution in [0.2, 0.25) is 0 Å².